The van der Waals surface area contributed by atoms with Crippen molar-refractivity contribution in [3.8, 4) is 0 Å². The molecule has 2 atom stereocenters. The molecule has 104 valence electrons. The summed E-state index contributed by atoms with van der Waals surface area (Å²) in [5.74, 6) is 0.813. The van der Waals surface area contributed by atoms with E-state index in [0.29, 0.717) is 6.04 Å². The fourth-order valence-electron chi connectivity index (χ4n) is 2.73. The monoisotopic (exact) mass is 259 g/mol. The van der Waals surface area contributed by atoms with E-state index in [9.17, 15) is 4.79 Å². The third kappa shape index (κ3) is 3.59. The Bertz CT molecular complexity index is 441. The normalized spacial score (nSPS) is 23.4. The van der Waals surface area contributed by atoms with Gasteiger partial charge in [0, 0.05) is 11.6 Å². The molecule has 2 rings (SSSR count). The Kier molecular flexibility index (Phi) is 3.98. The van der Waals surface area contributed by atoms with Crippen molar-refractivity contribution in [2.75, 3.05) is 0 Å². The molecule has 2 heteroatoms. The van der Waals surface area contributed by atoms with Crippen molar-refractivity contribution in [2.24, 2.45) is 5.92 Å². The van der Waals surface area contributed by atoms with Crippen molar-refractivity contribution in [3.63, 3.8) is 0 Å². The first-order valence-electron chi connectivity index (χ1n) is 7.27. The lowest BCUT2D eigenvalue weighted by atomic mass is 9.86. The summed E-state index contributed by atoms with van der Waals surface area (Å²) >= 11 is 0. The van der Waals surface area contributed by atoms with Crippen LogP contribution in [-0.2, 0) is 5.41 Å². The fourth-order valence-corrected chi connectivity index (χ4v) is 2.73. The summed E-state index contributed by atoms with van der Waals surface area (Å²) in [5.41, 5.74) is 2.17. The minimum absolute atomic E-state index is 0.0690. The number of nitrogens with one attached hydrogen (secondary N) is 1. The molecule has 1 aromatic carbocycles. The van der Waals surface area contributed by atoms with Gasteiger partial charge in [-0.15, -0.1) is 0 Å². The van der Waals surface area contributed by atoms with Gasteiger partial charge in [-0.3, -0.25) is 4.79 Å². The van der Waals surface area contributed by atoms with E-state index in [0.717, 1.165) is 24.3 Å². The minimum atomic E-state index is 0.0690. The number of amides is 1. The molecular weight excluding hydrogens is 234 g/mol. The second-order valence-electron chi connectivity index (χ2n) is 6.92. The topological polar surface area (TPSA) is 29.1 Å². The molecule has 0 spiro atoms. The Morgan fingerprint density at radius 2 is 1.79 bits per heavy atom. The average molecular weight is 259 g/mol. The predicted octanol–water partition coefficient (Wildman–Crippen LogP) is 3.90. The van der Waals surface area contributed by atoms with Crippen LogP contribution in [0, 0.1) is 5.92 Å². The summed E-state index contributed by atoms with van der Waals surface area (Å²) in [6.07, 6.45) is 3.46. The van der Waals surface area contributed by atoms with Crippen LogP contribution in [-0.4, -0.2) is 11.9 Å². The number of hydrogen-bond acceptors (Lipinski definition) is 1. The van der Waals surface area contributed by atoms with Crippen molar-refractivity contribution < 1.29 is 4.79 Å². The van der Waals surface area contributed by atoms with Crippen LogP contribution >= 0.6 is 0 Å². The van der Waals surface area contributed by atoms with E-state index in [1.807, 2.05) is 12.1 Å². The Morgan fingerprint density at radius 1 is 1.16 bits per heavy atom. The van der Waals surface area contributed by atoms with Gasteiger partial charge in [-0.2, -0.15) is 0 Å². The first-order chi connectivity index (χ1) is 8.86. The summed E-state index contributed by atoms with van der Waals surface area (Å²) in [4.78, 5) is 12.2. The number of hydrogen-bond donors (Lipinski definition) is 1. The van der Waals surface area contributed by atoms with Crippen LogP contribution in [0.25, 0.3) is 0 Å². The number of benzene rings is 1. The fraction of sp³-hybridized carbons (Fsp3) is 0.588. The highest BCUT2D eigenvalue weighted by Gasteiger charge is 2.23. The van der Waals surface area contributed by atoms with Crippen LogP contribution in [0.4, 0.5) is 0 Å². The highest BCUT2D eigenvalue weighted by molar-refractivity contribution is 5.94. The Labute approximate surface area is 116 Å². The molecule has 0 aromatic heterocycles. The molecule has 1 aliphatic rings. The van der Waals surface area contributed by atoms with E-state index < -0.39 is 0 Å². The standard InChI is InChI=1S/C17H25NO/c1-12-5-10-15(11-12)18-16(19)13-6-8-14(9-7-13)17(2,3)4/h6-9,12,15H,5,10-11H2,1-4H3,(H,18,19). The van der Waals surface area contributed by atoms with Crippen LogP contribution in [0.5, 0.6) is 0 Å². The number of rotatable bonds is 2. The van der Waals surface area contributed by atoms with Gasteiger partial charge in [-0.1, -0.05) is 39.8 Å². The summed E-state index contributed by atoms with van der Waals surface area (Å²) in [6, 6.07) is 8.37. The third-order valence-electron chi connectivity index (χ3n) is 4.04. The van der Waals surface area contributed by atoms with E-state index in [2.05, 4.69) is 45.1 Å². The van der Waals surface area contributed by atoms with Crippen molar-refractivity contribution in [1.29, 1.82) is 0 Å². The summed E-state index contributed by atoms with van der Waals surface area (Å²) in [6.45, 7) is 8.80. The van der Waals surface area contributed by atoms with E-state index >= 15 is 0 Å². The van der Waals surface area contributed by atoms with Crippen molar-refractivity contribution >= 4 is 5.91 Å². The average Bonchev–Trinajstić information content (AvgIpc) is 2.74. The number of carbonyl (C=O) groups is 1. The maximum atomic E-state index is 12.2. The third-order valence-corrected chi connectivity index (χ3v) is 4.04. The molecule has 19 heavy (non-hydrogen) atoms. The van der Waals surface area contributed by atoms with E-state index in [1.54, 1.807) is 0 Å². The zero-order chi connectivity index (χ0) is 14.0. The van der Waals surface area contributed by atoms with Gasteiger partial charge in [-0.25, -0.2) is 0 Å². The summed E-state index contributed by atoms with van der Waals surface area (Å²) in [5, 5.41) is 3.14. The molecule has 1 saturated carbocycles. The lowest BCUT2D eigenvalue weighted by molar-refractivity contribution is 0.0937. The predicted molar refractivity (Wildman–Crippen MR) is 79.4 cm³/mol. The minimum Gasteiger partial charge on any atom is -0.349 e. The molecule has 0 saturated heterocycles. The zero-order valence-corrected chi connectivity index (χ0v) is 12.5. The smallest absolute Gasteiger partial charge is 0.251 e. The molecule has 0 radical (unpaired) electrons. The van der Waals surface area contributed by atoms with Crippen molar-refractivity contribution in [3.05, 3.63) is 35.4 Å². The molecule has 2 nitrogen and oxygen atoms in total. The highest BCUT2D eigenvalue weighted by atomic mass is 16.1. The van der Waals surface area contributed by atoms with E-state index in [1.165, 1.54) is 12.0 Å². The van der Waals surface area contributed by atoms with E-state index in [-0.39, 0.29) is 11.3 Å². The molecule has 0 aliphatic heterocycles. The van der Waals surface area contributed by atoms with Crippen LogP contribution in [0.15, 0.2) is 24.3 Å². The molecule has 1 aromatic rings. The first-order valence-corrected chi connectivity index (χ1v) is 7.27. The SMILES string of the molecule is CC1CCC(NC(=O)c2ccc(C(C)(C)C)cc2)C1. The quantitative estimate of drug-likeness (QED) is 0.857. The van der Waals surface area contributed by atoms with Gasteiger partial charge in [0.25, 0.3) is 5.91 Å². The molecule has 1 N–H and O–H groups in total. The van der Waals surface area contributed by atoms with Gasteiger partial charge in [0.1, 0.15) is 0 Å². The molecule has 0 heterocycles. The molecule has 1 fully saturated rings. The maximum Gasteiger partial charge on any atom is 0.251 e. The Morgan fingerprint density at radius 3 is 2.26 bits per heavy atom. The zero-order valence-electron chi connectivity index (χ0n) is 12.5. The second-order valence-corrected chi connectivity index (χ2v) is 6.92. The van der Waals surface area contributed by atoms with Gasteiger partial charge in [0.2, 0.25) is 0 Å². The summed E-state index contributed by atoms with van der Waals surface area (Å²) < 4.78 is 0. The molecular formula is C17H25NO. The van der Waals surface area contributed by atoms with Gasteiger partial charge in [0.15, 0.2) is 0 Å². The Balaban J connectivity index is 2.00. The highest BCUT2D eigenvalue weighted by Crippen LogP contribution is 2.25. The molecule has 1 aliphatic carbocycles. The lowest BCUT2D eigenvalue weighted by Crippen LogP contribution is -2.32. The largest absolute Gasteiger partial charge is 0.349 e. The van der Waals surface area contributed by atoms with Gasteiger partial charge in [0.05, 0.1) is 0 Å². The van der Waals surface area contributed by atoms with Gasteiger partial charge >= 0.3 is 0 Å². The van der Waals surface area contributed by atoms with Crippen LogP contribution in [0.1, 0.15) is 62.9 Å². The molecule has 0 bridgehead atoms. The molecule has 2 unspecified atom stereocenters. The van der Waals surface area contributed by atoms with Crippen molar-refractivity contribution in [1.82, 2.24) is 5.32 Å². The van der Waals surface area contributed by atoms with Gasteiger partial charge < -0.3 is 5.32 Å². The van der Waals surface area contributed by atoms with Crippen LogP contribution in [0.3, 0.4) is 0 Å². The first kappa shape index (κ1) is 14.1. The van der Waals surface area contributed by atoms with E-state index in [4.69, 9.17) is 0 Å². The Hall–Kier alpha value is -1.31. The van der Waals surface area contributed by atoms with Crippen LogP contribution < -0.4 is 5.32 Å². The maximum absolute atomic E-state index is 12.2. The molecule has 1 amide bonds. The van der Waals surface area contributed by atoms with Crippen LogP contribution in [0.2, 0.25) is 0 Å². The number of carbonyl (C=O) groups excluding carboxylic acids is 1. The lowest BCUT2D eigenvalue weighted by Gasteiger charge is -2.19. The van der Waals surface area contributed by atoms with Crippen molar-refractivity contribution in [2.45, 2.75) is 58.4 Å². The summed E-state index contributed by atoms with van der Waals surface area (Å²) in [7, 11) is 0. The second kappa shape index (κ2) is 5.36. The van der Waals surface area contributed by atoms with Gasteiger partial charge in [-0.05, 0) is 48.3 Å².